The second kappa shape index (κ2) is 7.57. The molecule has 0 saturated carbocycles. The number of thiazole rings is 1. The van der Waals surface area contributed by atoms with Crippen LogP contribution in [0.4, 0.5) is 0 Å². The van der Waals surface area contributed by atoms with Crippen LogP contribution in [0.15, 0.2) is 22.6 Å². The van der Waals surface area contributed by atoms with Crippen molar-refractivity contribution in [1.82, 2.24) is 19.4 Å². The number of aromatic nitrogens is 3. The maximum Gasteiger partial charge on any atom is 0.253 e. The lowest BCUT2D eigenvalue weighted by Gasteiger charge is -2.31. The molecule has 130 valence electrons. The van der Waals surface area contributed by atoms with Gasteiger partial charge in [-0.15, -0.1) is 11.3 Å². The van der Waals surface area contributed by atoms with E-state index in [1.807, 2.05) is 0 Å². The highest BCUT2D eigenvalue weighted by molar-refractivity contribution is 7.09. The number of piperidine rings is 1. The molecule has 1 aliphatic rings. The average Bonchev–Trinajstić information content (AvgIpc) is 2.96. The number of hydrogen-bond donors (Lipinski definition) is 0. The zero-order valence-electron chi connectivity index (χ0n) is 14.7. The van der Waals surface area contributed by atoms with Crippen LogP contribution >= 0.6 is 11.3 Å². The van der Waals surface area contributed by atoms with E-state index in [9.17, 15) is 4.79 Å². The van der Waals surface area contributed by atoms with Gasteiger partial charge in [0.15, 0.2) is 0 Å². The lowest BCUT2D eigenvalue weighted by atomic mass is 9.96. The Morgan fingerprint density at radius 3 is 2.67 bits per heavy atom. The van der Waals surface area contributed by atoms with Crippen molar-refractivity contribution in [3.8, 4) is 0 Å². The summed E-state index contributed by atoms with van der Waals surface area (Å²) in [5.74, 6) is 0.854. The van der Waals surface area contributed by atoms with Crippen molar-refractivity contribution in [2.45, 2.75) is 52.6 Å². The van der Waals surface area contributed by atoms with Gasteiger partial charge in [0, 0.05) is 24.5 Å². The van der Waals surface area contributed by atoms with Crippen molar-refractivity contribution in [1.29, 1.82) is 0 Å². The Kier molecular flexibility index (Phi) is 5.46. The molecule has 0 aliphatic carbocycles. The molecule has 0 bridgehead atoms. The third-order valence-corrected chi connectivity index (χ3v) is 5.53. The van der Waals surface area contributed by atoms with E-state index in [2.05, 4.69) is 41.0 Å². The first kappa shape index (κ1) is 17.3. The van der Waals surface area contributed by atoms with E-state index >= 15 is 0 Å². The van der Waals surface area contributed by atoms with Gasteiger partial charge >= 0.3 is 0 Å². The second-order valence-electron chi connectivity index (χ2n) is 7.04. The Morgan fingerprint density at radius 1 is 1.33 bits per heavy atom. The van der Waals surface area contributed by atoms with Crippen molar-refractivity contribution in [3.63, 3.8) is 0 Å². The molecule has 0 atom stereocenters. The molecule has 0 spiro atoms. The van der Waals surface area contributed by atoms with Crippen molar-refractivity contribution in [2.75, 3.05) is 13.1 Å². The molecule has 5 nitrogen and oxygen atoms in total. The Labute approximate surface area is 147 Å². The fraction of sp³-hybridized carbons (Fsp3) is 0.611. The predicted molar refractivity (Wildman–Crippen MR) is 97.4 cm³/mol. The van der Waals surface area contributed by atoms with Crippen LogP contribution in [0.5, 0.6) is 0 Å². The molecule has 0 radical (unpaired) electrons. The van der Waals surface area contributed by atoms with Crippen LogP contribution in [0.2, 0.25) is 0 Å². The first-order valence-corrected chi connectivity index (χ1v) is 9.59. The van der Waals surface area contributed by atoms with E-state index in [1.165, 1.54) is 5.69 Å². The van der Waals surface area contributed by atoms with Gasteiger partial charge in [0.2, 0.25) is 0 Å². The third kappa shape index (κ3) is 4.30. The smallest absolute Gasteiger partial charge is 0.253 e. The number of rotatable bonds is 5. The summed E-state index contributed by atoms with van der Waals surface area (Å²) in [6.45, 7) is 10.1. The minimum atomic E-state index is 0.0778. The van der Waals surface area contributed by atoms with Gasteiger partial charge in [-0.25, -0.2) is 9.97 Å². The monoisotopic (exact) mass is 346 g/mol. The van der Waals surface area contributed by atoms with E-state index in [1.54, 1.807) is 28.3 Å². The summed E-state index contributed by atoms with van der Waals surface area (Å²) in [7, 11) is 0. The predicted octanol–water partition coefficient (Wildman–Crippen LogP) is 3.04. The van der Waals surface area contributed by atoms with Gasteiger partial charge in [-0.2, -0.15) is 0 Å². The molecule has 2 aromatic heterocycles. The highest BCUT2D eigenvalue weighted by atomic mass is 32.1. The molecule has 3 rings (SSSR count). The van der Waals surface area contributed by atoms with Crippen LogP contribution in [0.1, 0.15) is 49.0 Å². The molecular formula is C18H26N4OS. The lowest BCUT2D eigenvalue weighted by molar-refractivity contribution is 0.165. The van der Waals surface area contributed by atoms with Crippen LogP contribution in [-0.4, -0.2) is 32.5 Å². The largest absolute Gasteiger partial charge is 0.299 e. The number of nitrogens with zero attached hydrogens (tertiary/aromatic N) is 4. The number of aryl methyl sites for hydroxylation is 1. The Balaban J connectivity index is 1.53. The maximum absolute atomic E-state index is 12.2. The molecule has 0 aromatic carbocycles. The van der Waals surface area contributed by atoms with Crippen LogP contribution in [-0.2, 0) is 13.1 Å². The van der Waals surface area contributed by atoms with E-state index in [-0.39, 0.29) is 5.56 Å². The Hall–Kier alpha value is -1.53. The highest BCUT2D eigenvalue weighted by Crippen LogP contribution is 2.21. The summed E-state index contributed by atoms with van der Waals surface area (Å²) < 4.78 is 1.77. The van der Waals surface area contributed by atoms with Crippen LogP contribution < -0.4 is 5.56 Å². The topological polar surface area (TPSA) is 51.0 Å². The molecule has 2 aromatic rings. The Bertz CT molecular complexity index is 729. The van der Waals surface area contributed by atoms with Crippen molar-refractivity contribution >= 4 is 11.3 Å². The van der Waals surface area contributed by atoms with Crippen LogP contribution in [0.25, 0.3) is 0 Å². The first-order chi connectivity index (χ1) is 11.5. The molecule has 0 unspecified atom stereocenters. The van der Waals surface area contributed by atoms with Crippen molar-refractivity contribution in [2.24, 2.45) is 5.92 Å². The van der Waals surface area contributed by atoms with E-state index in [0.29, 0.717) is 11.8 Å². The van der Waals surface area contributed by atoms with Crippen molar-refractivity contribution in [3.05, 3.63) is 44.5 Å². The maximum atomic E-state index is 12.2. The highest BCUT2D eigenvalue weighted by Gasteiger charge is 2.20. The van der Waals surface area contributed by atoms with E-state index < -0.39 is 0 Å². The summed E-state index contributed by atoms with van der Waals surface area (Å²) in [5, 5.41) is 3.29. The summed E-state index contributed by atoms with van der Waals surface area (Å²) in [6.07, 6.45) is 3.98. The molecule has 1 fully saturated rings. The zero-order chi connectivity index (χ0) is 17.1. The summed E-state index contributed by atoms with van der Waals surface area (Å²) in [4.78, 5) is 23.7. The molecule has 3 heterocycles. The SMILES string of the molecule is Cc1nc(CN2CCC(Cn3cnc(C(C)C)cc3=O)CC2)cs1. The molecule has 0 amide bonds. The molecule has 6 heteroatoms. The van der Waals surface area contributed by atoms with Gasteiger partial charge in [0.05, 0.1) is 22.7 Å². The minimum absolute atomic E-state index is 0.0778. The van der Waals surface area contributed by atoms with Crippen LogP contribution in [0, 0.1) is 12.8 Å². The number of likely N-dealkylation sites (tertiary alicyclic amines) is 1. The van der Waals surface area contributed by atoms with Gasteiger partial charge in [-0.3, -0.25) is 14.3 Å². The third-order valence-electron chi connectivity index (χ3n) is 4.71. The van der Waals surface area contributed by atoms with Gasteiger partial charge in [-0.05, 0) is 44.7 Å². The fourth-order valence-corrected chi connectivity index (χ4v) is 3.81. The second-order valence-corrected chi connectivity index (χ2v) is 8.10. The summed E-state index contributed by atoms with van der Waals surface area (Å²) in [6, 6.07) is 1.68. The van der Waals surface area contributed by atoms with Crippen LogP contribution in [0.3, 0.4) is 0 Å². The van der Waals surface area contributed by atoms with E-state index in [4.69, 9.17) is 0 Å². The Morgan fingerprint density at radius 2 is 2.08 bits per heavy atom. The first-order valence-electron chi connectivity index (χ1n) is 8.71. The van der Waals surface area contributed by atoms with E-state index in [0.717, 1.165) is 49.7 Å². The van der Waals surface area contributed by atoms with Crippen molar-refractivity contribution < 1.29 is 0 Å². The van der Waals surface area contributed by atoms with Gasteiger partial charge in [0.25, 0.3) is 5.56 Å². The fourth-order valence-electron chi connectivity index (χ4n) is 3.21. The lowest BCUT2D eigenvalue weighted by Crippen LogP contribution is -2.36. The molecular weight excluding hydrogens is 320 g/mol. The van der Waals surface area contributed by atoms with Gasteiger partial charge < -0.3 is 0 Å². The zero-order valence-corrected chi connectivity index (χ0v) is 15.6. The molecule has 1 saturated heterocycles. The normalized spacial score (nSPS) is 16.8. The average molecular weight is 347 g/mol. The van der Waals surface area contributed by atoms with Gasteiger partial charge in [-0.1, -0.05) is 13.8 Å². The summed E-state index contributed by atoms with van der Waals surface area (Å²) >= 11 is 1.72. The molecule has 0 N–H and O–H groups in total. The van der Waals surface area contributed by atoms with Gasteiger partial charge in [0.1, 0.15) is 0 Å². The number of hydrogen-bond acceptors (Lipinski definition) is 5. The standard InChI is InChI=1S/C18H26N4OS/c1-13(2)17-8-18(23)22(12-19-17)9-15-4-6-21(7-5-15)10-16-11-24-14(3)20-16/h8,11-13,15H,4-7,9-10H2,1-3H3. The molecule has 24 heavy (non-hydrogen) atoms. The molecule has 1 aliphatic heterocycles. The quantitative estimate of drug-likeness (QED) is 0.835. The summed E-state index contributed by atoms with van der Waals surface area (Å²) in [5.41, 5.74) is 2.14. The minimum Gasteiger partial charge on any atom is -0.299 e.